The van der Waals surface area contributed by atoms with E-state index in [1.54, 1.807) is 12.4 Å². The van der Waals surface area contributed by atoms with Crippen molar-refractivity contribution in [2.45, 2.75) is 32.2 Å². The number of amides is 1. The summed E-state index contributed by atoms with van der Waals surface area (Å²) in [7, 11) is 0. The molecule has 5 heteroatoms. The maximum atomic E-state index is 12.3. The van der Waals surface area contributed by atoms with E-state index in [4.69, 9.17) is 18.0 Å². The third-order valence-corrected chi connectivity index (χ3v) is 3.96. The highest BCUT2D eigenvalue weighted by atomic mass is 32.1. The minimum Gasteiger partial charge on any atom is -0.392 e. The second-order valence-electron chi connectivity index (χ2n) is 4.69. The molecular weight excluding hydrogens is 246 g/mol. The standard InChI is InChI=1S/C13H17N3OS/c14-11(18)13(5-1-2-6-13)12(17)16-9-10-3-7-15-8-4-10/h3-4,7-8H,1-2,5-6,9H2,(H2,14,18)(H,16,17). The molecule has 0 radical (unpaired) electrons. The lowest BCUT2D eigenvalue weighted by Crippen LogP contribution is -2.46. The van der Waals surface area contributed by atoms with Gasteiger partial charge in [0.2, 0.25) is 5.91 Å². The average Bonchev–Trinajstić information content (AvgIpc) is 2.88. The molecule has 0 aromatic carbocycles. The molecular formula is C13H17N3OS. The molecule has 4 nitrogen and oxygen atoms in total. The Bertz CT molecular complexity index is 441. The molecule has 1 aliphatic carbocycles. The van der Waals surface area contributed by atoms with Crippen LogP contribution in [-0.2, 0) is 11.3 Å². The van der Waals surface area contributed by atoms with E-state index in [-0.39, 0.29) is 5.91 Å². The maximum Gasteiger partial charge on any atom is 0.233 e. The SMILES string of the molecule is NC(=S)C1(C(=O)NCc2ccncc2)CCCC1. The highest BCUT2D eigenvalue weighted by Crippen LogP contribution is 2.38. The van der Waals surface area contributed by atoms with Gasteiger partial charge >= 0.3 is 0 Å². The van der Waals surface area contributed by atoms with Gasteiger partial charge in [-0.15, -0.1) is 0 Å². The largest absolute Gasteiger partial charge is 0.392 e. The highest BCUT2D eigenvalue weighted by Gasteiger charge is 2.43. The first-order chi connectivity index (χ1) is 8.65. The van der Waals surface area contributed by atoms with Crippen molar-refractivity contribution in [1.82, 2.24) is 10.3 Å². The van der Waals surface area contributed by atoms with Gasteiger partial charge in [0.15, 0.2) is 0 Å². The van der Waals surface area contributed by atoms with Gasteiger partial charge in [0.1, 0.15) is 0 Å². The topological polar surface area (TPSA) is 68.0 Å². The normalized spacial score (nSPS) is 17.3. The molecule has 2 rings (SSSR count). The van der Waals surface area contributed by atoms with Crippen LogP contribution in [0.25, 0.3) is 0 Å². The van der Waals surface area contributed by atoms with Crippen LogP contribution < -0.4 is 11.1 Å². The van der Waals surface area contributed by atoms with Crippen molar-refractivity contribution in [3.8, 4) is 0 Å². The fourth-order valence-corrected chi connectivity index (χ4v) is 2.71. The second-order valence-corrected chi connectivity index (χ2v) is 5.13. The van der Waals surface area contributed by atoms with Crippen LogP contribution in [0.2, 0.25) is 0 Å². The average molecular weight is 263 g/mol. The van der Waals surface area contributed by atoms with Crippen LogP contribution in [0.15, 0.2) is 24.5 Å². The number of aromatic nitrogens is 1. The molecule has 18 heavy (non-hydrogen) atoms. The first-order valence-electron chi connectivity index (χ1n) is 6.12. The number of nitrogens with one attached hydrogen (secondary N) is 1. The Hall–Kier alpha value is -1.49. The van der Waals surface area contributed by atoms with Crippen molar-refractivity contribution in [1.29, 1.82) is 0 Å². The fourth-order valence-electron chi connectivity index (χ4n) is 2.42. The number of thiocarbonyl (C=S) groups is 1. The van der Waals surface area contributed by atoms with Crippen molar-refractivity contribution in [3.63, 3.8) is 0 Å². The molecule has 0 spiro atoms. The first-order valence-corrected chi connectivity index (χ1v) is 6.53. The summed E-state index contributed by atoms with van der Waals surface area (Å²) in [5, 5.41) is 2.93. The summed E-state index contributed by atoms with van der Waals surface area (Å²) in [5.41, 5.74) is 6.16. The summed E-state index contributed by atoms with van der Waals surface area (Å²) in [6, 6.07) is 3.75. The van der Waals surface area contributed by atoms with Gasteiger partial charge in [-0.1, -0.05) is 25.1 Å². The van der Waals surface area contributed by atoms with Gasteiger partial charge in [0, 0.05) is 18.9 Å². The molecule has 1 aromatic rings. The van der Waals surface area contributed by atoms with Crippen molar-refractivity contribution in [3.05, 3.63) is 30.1 Å². The van der Waals surface area contributed by atoms with Crippen LogP contribution in [0.5, 0.6) is 0 Å². The minimum absolute atomic E-state index is 0.0377. The Balaban J connectivity index is 2.01. The van der Waals surface area contributed by atoms with Crippen LogP contribution in [-0.4, -0.2) is 15.9 Å². The predicted octanol–water partition coefficient (Wildman–Crippen LogP) is 1.54. The Morgan fingerprint density at radius 3 is 2.56 bits per heavy atom. The summed E-state index contributed by atoms with van der Waals surface area (Å²) >= 11 is 5.08. The lowest BCUT2D eigenvalue weighted by atomic mass is 9.85. The summed E-state index contributed by atoms with van der Waals surface area (Å²) in [5.74, 6) is -0.0377. The predicted molar refractivity (Wildman–Crippen MR) is 73.8 cm³/mol. The highest BCUT2D eigenvalue weighted by molar-refractivity contribution is 7.80. The summed E-state index contributed by atoms with van der Waals surface area (Å²) < 4.78 is 0. The van der Waals surface area contributed by atoms with Gasteiger partial charge in [-0.05, 0) is 30.5 Å². The van der Waals surface area contributed by atoms with Crippen molar-refractivity contribution < 1.29 is 4.79 Å². The summed E-state index contributed by atoms with van der Waals surface area (Å²) in [6.45, 7) is 0.492. The van der Waals surface area contributed by atoms with Crippen LogP contribution in [0.3, 0.4) is 0 Å². The van der Waals surface area contributed by atoms with Gasteiger partial charge < -0.3 is 11.1 Å². The van der Waals surface area contributed by atoms with Crippen LogP contribution in [0, 0.1) is 5.41 Å². The minimum atomic E-state index is -0.623. The van der Waals surface area contributed by atoms with E-state index in [0.29, 0.717) is 11.5 Å². The number of carbonyl (C=O) groups excluding carboxylic acids is 1. The van der Waals surface area contributed by atoms with E-state index in [2.05, 4.69) is 10.3 Å². The van der Waals surface area contributed by atoms with Crippen molar-refractivity contribution in [2.75, 3.05) is 0 Å². The molecule has 0 atom stereocenters. The monoisotopic (exact) mass is 263 g/mol. The van der Waals surface area contributed by atoms with E-state index in [0.717, 1.165) is 31.2 Å². The maximum absolute atomic E-state index is 12.3. The Morgan fingerprint density at radius 1 is 1.39 bits per heavy atom. The lowest BCUT2D eigenvalue weighted by Gasteiger charge is -2.26. The third kappa shape index (κ3) is 2.51. The number of nitrogens with two attached hydrogens (primary N) is 1. The van der Waals surface area contributed by atoms with Crippen molar-refractivity contribution in [2.24, 2.45) is 11.1 Å². The van der Waals surface area contributed by atoms with E-state index < -0.39 is 5.41 Å². The molecule has 1 aliphatic rings. The summed E-state index contributed by atoms with van der Waals surface area (Å²) in [6.07, 6.45) is 6.98. The fraction of sp³-hybridized carbons (Fsp3) is 0.462. The number of pyridine rings is 1. The number of rotatable bonds is 4. The third-order valence-electron chi connectivity index (χ3n) is 3.57. The molecule has 3 N–H and O–H groups in total. The molecule has 96 valence electrons. The van der Waals surface area contributed by atoms with Gasteiger partial charge in [0.25, 0.3) is 0 Å². The zero-order valence-electron chi connectivity index (χ0n) is 10.2. The van der Waals surface area contributed by atoms with Crippen LogP contribution >= 0.6 is 12.2 Å². The second kappa shape index (κ2) is 5.44. The Morgan fingerprint density at radius 2 is 2.00 bits per heavy atom. The van der Waals surface area contributed by atoms with Gasteiger partial charge in [-0.2, -0.15) is 0 Å². The molecule has 0 saturated heterocycles. The summed E-state index contributed by atoms with van der Waals surface area (Å²) in [4.78, 5) is 16.6. The van der Waals surface area contributed by atoms with Crippen LogP contribution in [0.4, 0.5) is 0 Å². The lowest BCUT2D eigenvalue weighted by molar-refractivity contribution is -0.127. The quantitative estimate of drug-likeness (QED) is 0.809. The van der Waals surface area contributed by atoms with E-state index >= 15 is 0 Å². The number of hydrogen-bond donors (Lipinski definition) is 2. The van der Waals surface area contributed by atoms with E-state index in [1.807, 2.05) is 12.1 Å². The first kappa shape index (κ1) is 13.0. The molecule has 0 aliphatic heterocycles. The molecule has 0 unspecified atom stereocenters. The molecule has 1 saturated carbocycles. The van der Waals surface area contributed by atoms with Gasteiger partial charge in [-0.3, -0.25) is 9.78 Å². The smallest absolute Gasteiger partial charge is 0.233 e. The molecule has 1 amide bonds. The van der Waals surface area contributed by atoms with E-state index in [1.165, 1.54) is 0 Å². The number of hydrogen-bond acceptors (Lipinski definition) is 3. The van der Waals surface area contributed by atoms with Crippen molar-refractivity contribution >= 4 is 23.1 Å². The zero-order chi connectivity index (χ0) is 13.0. The van der Waals surface area contributed by atoms with Gasteiger partial charge in [-0.25, -0.2) is 0 Å². The van der Waals surface area contributed by atoms with E-state index in [9.17, 15) is 4.79 Å². The van der Waals surface area contributed by atoms with Crippen LogP contribution in [0.1, 0.15) is 31.2 Å². The zero-order valence-corrected chi connectivity index (χ0v) is 11.0. The molecule has 0 bridgehead atoms. The Kier molecular flexibility index (Phi) is 3.91. The Labute approximate surface area is 112 Å². The molecule has 1 fully saturated rings. The van der Waals surface area contributed by atoms with Gasteiger partial charge in [0.05, 0.1) is 10.4 Å². The molecule has 1 aromatic heterocycles. The number of carbonyl (C=O) groups is 1. The molecule has 1 heterocycles. The number of nitrogens with zero attached hydrogens (tertiary/aromatic N) is 1.